The smallest absolute Gasteiger partial charge is 0.269 e. The number of Topliss-reactive ketones (excluding diaryl/α,β-unsaturated/α-hetero) is 1. The van der Waals surface area contributed by atoms with E-state index in [9.17, 15) is 28.1 Å². The van der Waals surface area contributed by atoms with Crippen LogP contribution in [0.2, 0.25) is 0 Å². The normalized spacial score (nSPS) is 15.7. The Morgan fingerprint density at radius 2 is 1.77 bits per heavy atom. The van der Waals surface area contributed by atoms with Crippen LogP contribution in [0.25, 0.3) is 0 Å². The van der Waals surface area contributed by atoms with Gasteiger partial charge in [0, 0.05) is 44.1 Å². The van der Waals surface area contributed by atoms with Crippen molar-refractivity contribution in [2.75, 3.05) is 13.1 Å². The number of carbonyl (C=O) groups is 2. The number of nitrogens with one attached hydrogen (secondary N) is 1. The summed E-state index contributed by atoms with van der Waals surface area (Å²) in [5, 5.41) is 10.6. The van der Waals surface area contributed by atoms with Crippen LogP contribution in [-0.4, -0.2) is 49.1 Å². The number of carbonyl (C=O) groups excluding carboxylic acids is 2. The Hall–Kier alpha value is -2.33. The monoisotopic (exact) mass is 383 g/mol. The van der Waals surface area contributed by atoms with Gasteiger partial charge in [0.15, 0.2) is 0 Å². The van der Waals surface area contributed by atoms with Gasteiger partial charge < -0.3 is 9.69 Å². The second kappa shape index (κ2) is 8.37. The molecule has 26 heavy (non-hydrogen) atoms. The summed E-state index contributed by atoms with van der Waals surface area (Å²) in [4.78, 5) is 34.6. The van der Waals surface area contributed by atoms with Crippen LogP contribution in [0.5, 0.6) is 0 Å². The van der Waals surface area contributed by atoms with Gasteiger partial charge in [-0.15, -0.1) is 0 Å². The van der Waals surface area contributed by atoms with Crippen LogP contribution in [-0.2, 0) is 19.6 Å². The molecule has 1 amide bonds. The summed E-state index contributed by atoms with van der Waals surface area (Å²) in [6.45, 7) is 2.28. The molecule has 0 aliphatic carbocycles. The fraction of sp³-hybridized carbons (Fsp3) is 0.500. The Morgan fingerprint density at radius 1 is 1.19 bits per heavy atom. The number of likely N-dealkylation sites (tertiary alicyclic amines) is 1. The SMILES string of the molecule is CC(=O)CCC(=O)N1CCC(NS(=O)(=O)c2ccc([N+](=O)[O-])cc2)CC1. The van der Waals surface area contributed by atoms with E-state index in [0.717, 1.165) is 12.1 Å². The summed E-state index contributed by atoms with van der Waals surface area (Å²) < 4.78 is 27.3. The van der Waals surface area contributed by atoms with E-state index >= 15 is 0 Å². The maximum atomic E-state index is 12.4. The third kappa shape index (κ3) is 5.33. The molecule has 1 aromatic carbocycles. The number of hydrogen-bond donors (Lipinski definition) is 1. The minimum absolute atomic E-state index is 0.0379. The number of nitrogens with zero attached hydrogens (tertiary/aromatic N) is 2. The molecule has 10 heteroatoms. The molecular weight excluding hydrogens is 362 g/mol. The van der Waals surface area contributed by atoms with Crippen LogP contribution in [0.1, 0.15) is 32.6 Å². The zero-order chi connectivity index (χ0) is 19.3. The van der Waals surface area contributed by atoms with E-state index in [0.29, 0.717) is 25.9 Å². The van der Waals surface area contributed by atoms with E-state index < -0.39 is 14.9 Å². The molecule has 142 valence electrons. The third-order valence-electron chi connectivity index (χ3n) is 4.22. The van der Waals surface area contributed by atoms with Crippen LogP contribution >= 0.6 is 0 Å². The molecule has 0 atom stereocenters. The molecule has 1 saturated heterocycles. The van der Waals surface area contributed by atoms with Gasteiger partial charge in [-0.1, -0.05) is 0 Å². The van der Waals surface area contributed by atoms with Crippen LogP contribution in [0, 0.1) is 10.1 Å². The molecule has 1 aromatic rings. The Bertz CT molecular complexity index is 783. The molecule has 1 N–H and O–H groups in total. The first-order valence-corrected chi connectivity index (χ1v) is 9.71. The van der Waals surface area contributed by atoms with Crippen LogP contribution < -0.4 is 4.72 Å². The summed E-state index contributed by atoms with van der Waals surface area (Å²) in [7, 11) is -3.78. The first kappa shape index (κ1) is 20.0. The van der Waals surface area contributed by atoms with Gasteiger partial charge in [0.05, 0.1) is 9.82 Å². The van der Waals surface area contributed by atoms with Crippen molar-refractivity contribution in [1.82, 2.24) is 9.62 Å². The highest BCUT2D eigenvalue weighted by Gasteiger charge is 2.26. The molecule has 2 rings (SSSR count). The van der Waals surface area contributed by atoms with Crippen molar-refractivity contribution in [2.45, 2.75) is 43.5 Å². The van der Waals surface area contributed by atoms with Crippen LogP contribution in [0.15, 0.2) is 29.2 Å². The van der Waals surface area contributed by atoms with Crippen molar-refractivity contribution >= 4 is 27.4 Å². The van der Waals surface area contributed by atoms with E-state index in [1.807, 2.05) is 0 Å². The van der Waals surface area contributed by atoms with Crippen molar-refractivity contribution in [2.24, 2.45) is 0 Å². The summed E-state index contributed by atoms with van der Waals surface area (Å²) >= 11 is 0. The topological polar surface area (TPSA) is 127 Å². The molecule has 1 fully saturated rings. The zero-order valence-corrected chi connectivity index (χ0v) is 15.2. The number of rotatable bonds is 7. The minimum Gasteiger partial charge on any atom is -0.343 e. The summed E-state index contributed by atoms with van der Waals surface area (Å²) in [5.74, 6) is -0.138. The van der Waals surface area contributed by atoms with Gasteiger partial charge in [0.25, 0.3) is 5.69 Å². The van der Waals surface area contributed by atoms with Gasteiger partial charge in [-0.2, -0.15) is 0 Å². The lowest BCUT2D eigenvalue weighted by molar-refractivity contribution is -0.384. The van der Waals surface area contributed by atoms with Gasteiger partial charge in [-0.3, -0.25) is 14.9 Å². The molecular formula is C16H21N3O6S. The average Bonchev–Trinajstić information content (AvgIpc) is 2.60. The predicted molar refractivity (Wildman–Crippen MR) is 92.9 cm³/mol. The Kier molecular flexibility index (Phi) is 6.43. The predicted octanol–water partition coefficient (Wildman–Crippen LogP) is 1.23. The van der Waals surface area contributed by atoms with E-state index in [1.54, 1.807) is 4.90 Å². The maximum absolute atomic E-state index is 12.4. The molecule has 1 heterocycles. The van der Waals surface area contributed by atoms with Crippen molar-refractivity contribution in [1.29, 1.82) is 0 Å². The molecule has 0 aromatic heterocycles. The first-order valence-electron chi connectivity index (χ1n) is 8.23. The fourth-order valence-electron chi connectivity index (χ4n) is 2.72. The first-order chi connectivity index (χ1) is 12.2. The number of sulfonamides is 1. The van der Waals surface area contributed by atoms with E-state index in [1.165, 1.54) is 19.1 Å². The number of nitro benzene ring substituents is 1. The van der Waals surface area contributed by atoms with Crippen molar-refractivity contribution in [3.63, 3.8) is 0 Å². The number of amides is 1. The number of benzene rings is 1. The lowest BCUT2D eigenvalue weighted by Gasteiger charge is -2.32. The Morgan fingerprint density at radius 3 is 2.27 bits per heavy atom. The van der Waals surface area contributed by atoms with Crippen LogP contribution in [0.3, 0.4) is 0 Å². The number of ketones is 1. The van der Waals surface area contributed by atoms with Crippen molar-refractivity contribution < 1.29 is 22.9 Å². The quantitative estimate of drug-likeness (QED) is 0.557. The lowest BCUT2D eigenvalue weighted by atomic mass is 10.1. The number of non-ortho nitro benzene ring substituents is 1. The second-order valence-corrected chi connectivity index (χ2v) is 7.94. The lowest BCUT2D eigenvalue weighted by Crippen LogP contribution is -2.46. The standard InChI is InChI=1S/C16H21N3O6S/c1-12(20)2-7-16(21)18-10-8-13(9-11-18)17-26(24,25)15-5-3-14(4-6-15)19(22)23/h3-6,13,17H,2,7-11H2,1H3. The Balaban J connectivity index is 1.90. The van der Waals surface area contributed by atoms with Gasteiger partial charge in [-0.25, -0.2) is 13.1 Å². The molecule has 0 unspecified atom stereocenters. The van der Waals surface area contributed by atoms with Gasteiger partial charge in [0.1, 0.15) is 5.78 Å². The van der Waals surface area contributed by atoms with E-state index in [4.69, 9.17) is 0 Å². The van der Waals surface area contributed by atoms with Crippen molar-refractivity contribution in [3.05, 3.63) is 34.4 Å². The second-order valence-electron chi connectivity index (χ2n) is 6.23. The average molecular weight is 383 g/mol. The summed E-state index contributed by atoms with van der Waals surface area (Å²) in [5.41, 5.74) is -0.179. The largest absolute Gasteiger partial charge is 0.343 e. The fourth-order valence-corrected chi connectivity index (χ4v) is 4.03. The van der Waals surface area contributed by atoms with E-state index in [-0.39, 0.29) is 41.2 Å². The molecule has 1 aliphatic rings. The third-order valence-corrected chi connectivity index (χ3v) is 5.75. The highest BCUT2D eigenvalue weighted by Crippen LogP contribution is 2.18. The molecule has 0 saturated carbocycles. The molecule has 9 nitrogen and oxygen atoms in total. The number of nitro groups is 1. The summed E-state index contributed by atoms with van der Waals surface area (Å²) in [6, 6.07) is 4.37. The van der Waals surface area contributed by atoms with Crippen molar-refractivity contribution in [3.8, 4) is 0 Å². The number of piperidine rings is 1. The Labute approximate surface area is 151 Å². The van der Waals surface area contributed by atoms with Gasteiger partial charge >= 0.3 is 0 Å². The zero-order valence-electron chi connectivity index (χ0n) is 14.4. The van der Waals surface area contributed by atoms with Gasteiger partial charge in [0.2, 0.25) is 15.9 Å². The number of hydrogen-bond acceptors (Lipinski definition) is 6. The summed E-state index contributed by atoms with van der Waals surface area (Å²) in [6.07, 6.45) is 1.33. The highest BCUT2D eigenvalue weighted by molar-refractivity contribution is 7.89. The molecule has 0 radical (unpaired) electrons. The molecule has 0 spiro atoms. The molecule has 1 aliphatic heterocycles. The van der Waals surface area contributed by atoms with Gasteiger partial charge in [-0.05, 0) is 31.9 Å². The highest BCUT2D eigenvalue weighted by atomic mass is 32.2. The van der Waals surface area contributed by atoms with Crippen LogP contribution in [0.4, 0.5) is 5.69 Å². The minimum atomic E-state index is -3.78. The maximum Gasteiger partial charge on any atom is 0.269 e. The molecule has 0 bridgehead atoms. The van der Waals surface area contributed by atoms with E-state index in [2.05, 4.69) is 4.72 Å².